The van der Waals surface area contributed by atoms with Crippen LogP contribution in [0.2, 0.25) is 0 Å². The van der Waals surface area contributed by atoms with Gasteiger partial charge in [-0.3, -0.25) is 4.79 Å². The molecule has 0 radical (unpaired) electrons. The van der Waals surface area contributed by atoms with E-state index < -0.39 is 0 Å². The number of aryl methyl sites for hydroxylation is 1. The van der Waals surface area contributed by atoms with Crippen molar-refractivity contribution in [3.8, 4) is 0 Å². The molecule has 0 saturated carbocycles. The number of nitrogens with one attached hydrogen (secondary N) is 1. The summed E-state index contributed by atoms with van der Waals surface area (Å²) in [5.41, 5.74) is 8.34. The van der Waals surface area contributed by atoms with Gasteiger partial charge in [-0.1, -0.05) is 0 Å². The zero-order valence-corrected chi connectivity index (χ0v) is 13.3. The summed E-state index contributed by atoms with van der Waals surface area (Å²) in [4.78, 5) is 13.9. The summed E-state index contributed by atoms with van der Waals surface area (Å²) >= 11 is 5.19. The second-order valence-corrected chi connectivity index (χ2v) is 6.83. The summed E-state index contributed by atoms with van der Waals surface area (Å²) in [5, 5.41) is 5.07. The van der Waals surface area contributed by atoms with Crippen molar-refractivity contribution < 1.29 is 4.79 Å². The van der Waals surface area contributed by atoms with Crippen molar-refractivity contribution in [3.63, 3.8) is 0 Å². The van der Waals surface area contributed by atoms with E-state index in [2.05, 4.69) is 32.7 Å². The van der Waals surface area contributed by atoms with Gasteiger partial charge < -0.3 is 11.1 Å². The van der Waals surface area contributed by atoms with Crippen LogP contribution in [0.3, 0.4) is 0 Å². The van der Waals surface area contributed by atoms with Crippen molar-refractivity contribution in [2.45, 2.75) is 25.2 Å². The first-order valence-corrected chi connectivity index (χ1v) is 8.24. The van der Waals surface area contributed by atoms with Crippen LogP contribution in [0.15, 0.2) is 34.1 Å². The first-order chi connectivity index (χ1) is 9.65. The predicted molar refractivity (Wildman–Crippen MR) is 87.2 cm³/mol. The van der Waals surface area contributed by atoms with E-state index >= 15 is 0 Å². The number of halogens is 1. The van der Waals surface area contributed by atoms with E-state index in [0.29, 0.717) is 5.69 Å². The number of amides is 1. The molecule has 1 unspecified atom stereocenters. The third kappa shape index (κ3) is 2.60. The third-order valence-corrected chi connectivity index (χ3v) is 5.30. The van der Waals surface area contributed by atoms with Crippen molar-refractivity contribution in [2.24, 2.45) is 0 Å². The topological polar surface area (TPSA) is 55.1 Å². The lowest BCUT2D eigenvalue weighted by atomic mass is 9.87. The van der Waals surface area contributed by atoms with Gasteiger partial charge in [0.15, 0.2) is 0 Å². The van der Waals surface area contributed by atoms with Gasteiger partial charge >= 0.3 is 0 Å². The number of nitrogens with two attached hydrogens (primary N) is 1. The molecule has 3 N–H and O–H groups in total. The van der Waals surface area contributed by atoms with Gasteiger partial charge in [-0.05, 0) is 70.4 Å². The number of fused-ring (bicyclic) bond motifs is 1. The molecule has 0 saturated heterocycles. The van der Waals surface area contributed by atoms with Crippen molar-refractivity contribution in [1.82, 2.24) is 0 Å². The Morgan fingerprint density at radius 2 is 2.25 bits per heavy atom. The number of carbonyl (C=O) groups excluding carboxylic acids is 1. The molecule has 1 aromatic heterocycles. The third-order valence-electron chi connectivity index (χ3n) is 3.62. The number of hydrogen-bond donors (Lipinski definition) is 2. The van der Waals surface area contributed by atoms with Crippen LogP contribution in [0.1, 0.15) is 29.2 Å². The Labute approximate surface area is 130 Å². The smallest absolute Gasteiger partial charge is 0.231 e. The second kappa shape index (κ2) is 5.58. The Bertz CT molecular complexity index is 653. The Balaban J connectivity index is 1.83. The number of nitrogen functional groups attached to an aromatic ring is 1. The molecule has 1 aliphatic rings. The van der Waals surface area contributed by atoms with Crippen molar-refractivity contribution in [1.29, 1.82) is 0 Å². The average Bonchev–Trinajstić information content (AvgIpc) is 2.91. The van der Waals surface area contributed by atoms with Crippen LogP contribution in [0.4, 0.5) is 11.4 Å². The fraction of sp³-hybridized carbons (Fsp3) is 0.267. The van der Waals surface area contributed by atoms with Crippen LogP contribution in [0.5, 0.6) is 0 Å². The molecule has 0 spiro atoms. The minimum absolute atomic E-state index is 0.0432. The quantitative estimate of drug-likeness (QED) is 0.799. The van der Waals surface area contributed by atoms with E-state index in [9.17, 15) is 4.79 Å². The van der Waals surface area contributed by atoms with Crippen molar-refractivity contribution in [3.05, 3.63) is 44.6 Å². The van der Waals surface area contributed by atoms with Gasteiger partial charge in [0.25, 0.3) is 0 Å². The van der Waals surface area contributed by atoms with Crippen LogP contribution >= 0.6 is 27.3 Å². The molecule has 1 aromatic carbocycles. The standard InChI is InChI=1S/C15H15BrN2OS/c16-12-5-4-9(17)8-13(12)18-15(19)11-2-1-3-14-10(11)6-7-20-14/h4-8,11H,1-3,17H2,(H,18,19). The van der Waals surface area contributed by atoms with Crippen LogP contribution in [0.25, 0.3) is 0 Å². The number of benzene rings is 1. The summed E-state index contributed by atoms with van der Waals surface area (Å²) in [5.74, 6) is 0.00832. The highest BCUT2D eigenvalue weighted by molar-refractivity contribution is 9.10. The maximum atomic E-state index is 12.5. The minimum Gasteiger partial charge on any atom is -0.399 e. The normalized spacial score (nSPS) is 17.6. The van der Waals surface area contributed by atoms with E-state index in [1.54, 1.807) is 23.5 Å². The first kappa shape index (κ1) is 13.6. The summed E-state index contributed by atoms with van der Waals surface area (Å²) in [6.07, 6.45) is 3.08. The Morgan fingerprint density at radius 1 is 1.40 bits per heavy atom. The monoisotopic (exact) mass is 350 g/mol. The summed E-state index contributed by atoms with van der Waals surface area (Å²) in [6.45, 7) is 0. The van der Waals surface area contributed by atoms with Gasteiger partial charge in [-0.2, -0.15) is 0 Å². The SMILES string of the molecule is Nc1ccc(Br)c(NC(=O)C2CCCc3sccc32)c1. The van der Waals surface area contributed by atoms with E-state index in [4.69, 9.17) is 5.73 Å². The van der Waals surface area contributed by atoms with Crippen LogP contribution in [-0.2, 0) is 11.2 Å². The fourth-order valence-electron chi connectivity index (χ4n) is 2.62. The highest BCUT2D eigenvalue weighted by atomic mass is 79.9. The summed E-state index contributed by atoms with van der Waals surface area (Å²) in [7, 11) is 0. The molecule has 1 amide bonds. The lowest BCUT2D eigenvalue weighted by Crippen LogP contribution is -2.24. The number of thiophene rings is 1. The largest absolute Gasteiger partial charge is 0.399 e. The molecular weight excluding hydrogens is 336 g/mol. The molecule has 3 rings (SSSR count). The van der Waals surface area contributed by atoms with Crippen LogP contribution in [0, 0.1) is 0 Å². The maximum Gasteiger partial charge on any atom is 0.231 e. The molecule has 2 aromatic rings. The average molecular weight is 351 g/mol. The van der Waals surface area contributed by atoms with Gasteiger partial charge in [-0.25, -0.2) is 0 Å². The molecule has 0 fully saturated rings. The maximum absolute atomic E-state index is 12.5. The highest BCUT2D eigenvalue weighted by Crippen LogP contribution is 2.36. The minimum atomic E-state index is -0.0432. The van der Waals surface area contributed by atoms with Crippen molar-refractivity contribution in [2.75, 3.05) is 11.1 Å². The molecule has 1 atom stereocenters. The highest BCUT2D eigenvalue weighted by Gasteiger charge is 2.27. The Morgan fingerprint density at radius 3 is 3.10 bits per heavy atom. The molecule has 1 aliphatic carbocycles. The second-order valence-electron chi connectivity index (χ2n) is 4.97. The van der Waals surface area contributed by atoms with Crippen LogP contribution in [-0.4, -0.2) is 5.91 Å². The molecule has 1 heterocycles. The molecule has 104 valence electrons. The molecule has 5 heteroatoms. The van der Waals surface area contributed by atoms with E-state index in [1.807, 2.05) is 6.07 Å². The van der Waals surface area contributed by atoms with Gasteiger partial charge in [0.05, 0.1) is 11.6 Å². The lowest BCUT2D eigenvalue weighted by Gasteiger charge is -2.22. The lowest BCUT2D eigenvalue weighted by molar-refractivity contribution is -0.117. The van der Waals surface area contributed by atoms with Crippen molar-refractivity contribution >= 4 is 44.5 Å². The number of rotatable bonds is 2. The van der Waals surface area contributed by atoms with E-state index in [0.717, 1.165) is 29.4 Å². The number of carbonyl (C=O) groups is 1. The number of hydrogen-bond acceptors (Lipinski definition) is 3. The van der Waals surface area contributed by atoms with E-state index in [1.165, 1.54) is 10.4 Å². The zero-order valence-electron chi connectivity index (χ0n) is 10.9. The molecule has 0 aliphatic heterocycles. The number of anilines is 2. The molecule has 3 nitrogen and oxygen atoms in total. The zero-order chi connectivity index (χ0) is 14.1. The van der Waals surface area contributed by atoms with Gasteiger partial charge in [0, 0.05) is 15.0 Å². The van der Waals surface area contributed by atoms with Gasteiger partial charge in [-0.15, -0.1) is 11.3 Å². The van der Waals surface area contributed by atoms with Gasteiger partial charge in [0.1, 0.15) is 0 Å². The summed E-state index contributed by atoms with van der Waals surface area (Å²) in [6, 6.07) is 7.51. The first-order valence-electron chi connectivity index (χ1n) is 6.57. The Hall–Kier alpha value is -1.33. The molecular formula is C15H15BrN2OS. The predicted octanol–water partition coefficient (Wildman–Crippen LogP) is 4.15. The molecule has 20 heavy (non-hydrogen) atoms. The molecule has 0 bridgehead atoms. The summed E-state index contributed by atoms with van der Waals surface area (Å²) < 4.78 is 0.849. The van der Waals surface area contributed by atoms with Crippen LogP contribution < -0.4 is 11.1 Å². The Kier molecular flexibility index (Phi) is 3.81. The van der Waals surface area contributed by atoms with E-state index in [-0.39, 0.29) is 11.8 Å². The fourth-order valence-corrected chi connectivity index (χ4v) is 3.95. The van der Waals surface area contributed by atoms with Gasteiger partial charge in [0.2, 0.25) is 5.91 Å².